The molecule has 0 spiro atoms. The van der Waals surface area contributed by atoms with Crippen LogP contribution in [0.5, 0.6) is 0 Å². The Morgan fingerprint density at radius 2 is 1.87 bits per heavy atom. The van der Waals surface area contributed by atoms with Gasteiger partial charge >= 0.3 is 6.18 Å². The number of nitrogens with one attached hydrogen (secondary N) is 3. The average Bonchev–Trinajstić information content (AvgIpc) is 3.30. The first-order valence-corrected chi connectivity index (χ1v) is 12.5. The van der Waals surface area contributed by atoms with Gasteiger partial charge in [-0.25, -0.2) is 13.8 Å². The zero-order valence-corrected chi connectivity index (χ0v) is 21.5. The maximum atomic E-state index is 12.4. The summed E-state index contributed by atoms with van der Waals surface area (Å²) in [6.45, 7) is 2.72. The van der Waals surface area contributed by atoms with Gasteiger partial charge in [0.25, 0.3) is 12.3 Å². The van der Waals surface area contributed by atoms with Gasteiger partial charge in [0.1, 0.15) is 10.8 Å². The molecule has 4 rings (SSSR count). The van der Waals surface area contributed by atoms with E-state index < -0.39 is 18.3 Å². The maximum Gasteiger partial charge on any atom is 0.434 e. The van der Waals surface area contributed by atoms with Gasteiger partial charge in [-0.15, -0.1) is 0 Å². The molecule has 1 fully saturated rings. The number of amides is 2. The Morgan fingerprint density at radius 1 is 1.18 bits per heavy atom. The minimum atomic E-state index is -4.49. The van der Waals surface area contributed by atoms with Gasteiger partial charge in [-0.3, -0.25) is 19.5 Å². The number of alkyl halides is 5. The molecule has 2 amide bonds. The summed E-state index contributed by atoms with van der Waals surface area (Å²) in [4.78, 5) is 31.1. The van der Waals surface area contributed by atoms with E-state index in [0.717, 1.165) is 17.2 Å². The van der Waals surface area contributed by atoms with Crippen LogP contribution in [0.1, 0.15) is 34.6 Å². The van der Waals surface area contributed by atoms with Crippen LogP contribution in [0.4, 0.5) is 38.5 Å². The van der Waals surface area contributed by atoms with E-state index in [0.29, 0.717) is 54.8 Å². The van der Waals surface area contributed by atoms with Crippen molar-refractivity contribution in [3.8, 4) is 0 Å². The number of nitrogens with zero attached hydrogens (tertiary/aromatic N) is 4. The molecule has 15 heteroatoms. The number of carbonyl (C=O) groups excluding carboxylic acids is 2. The summed E-state index contributed by atoms with van der Waals surface area (Å²) < 4.78 is 65.7. The number of anilines is 3. The standard InChI is InChI=1S/C15H19F2N3O2.C9H7F3N4S/c16-14(17)9-20-7-5-13(6-8-20)19-15(22)11-1-3-12(4-2-11)18-10-21;1-5-2-8(17-16-5)15-7-4-13-3-6(14-7)9(10,11)12/h1-4,10,13-14H,5-9H2,(H,18,21)(H,19,22);2-4H,1H3,(H,14,15). The largest absolute Gasteiger partial charge is 0.434 e. The lowest BCUT2D eigenvalue weighted by Gasteiger charge is -2.32. The fourth-order valence-corrected chi connectivity index (χ4v) is 4.29. The average molecular weight is 572 g/mol. The molecule has 1 aliphatic heterocycles. The molecule has 0 saturated carbocycles. The first-order chi connectivity index (χ1) is 18.5. The highest BCUT2D eigenvalue weighted by molar-refractivity contribution is 7.10. The van der Waals surface area contributed by atoms with E-state index in [4.69, 9.17) is 0 Å². The van der Waals surface area contributed by atoms with Crippen LogP contribution in [0, 0.1) is 6.92 Å². The number of rotatable bonds is 8. The first kappa shape index (κ1) is 29.8. The predicted octanol–water partition coefficient (Wildman–Crippen LogP) is 4.72. The van der Waals surface area contributed by atoms with Crippen LogP contribution in [0.25, 0.3) is 0 Å². The Labute approximate surface area is 225 Å². The quantitative estimate of drug-likeness (QED) is 0.265. The number of hydrogen-bond donors (Lipinski definition) is 3. The minimum absolute atomic E-state index is 0.00852. The van der Waals surface area contributed by atoms with Crippen LogP contribution in [0.2, 0.25) is 0 Å². The van der Waals surface area contributed by atoms with Crippen LogP contribution in [-0.4, -0.2) is 63.7 Å². The first-order valence-electron chi connectivity index (χ1n) is 11.7. The zero-order chi connectivity index (χ0) is 28.4. The summed E-state index contributed by atoms with van der Waals surface area (Å²) in [7, 11) is 0. The second kappa shape index (κ2) is 13.9. The molecular formula is C24H26F5N7O2S. The highest BCUT2D eigenvalue weighted by atomic mass is 32.1. The van der Waals surface area contributed by atoms with Crippen molar-refractivity contribution in [1.82, 2.24) is 24.6 Å². The van der Waals surface area contributed by atoms with Crippen molar-refractivity contribution >= 4 is 40.4 Å². The van der Waals surface area contributed by atoms with Crippen LogP contribution >= 0.6 is 11.5 Å². The third-order valence-electron chi connectivity index (χ3n) is 5.50. The fourth-order valence-electron chi connectivity index (χ4n) is 3.62. The van der Waals surface area contributed by atoms with E-state index >= 15 is 0 Å². The smallest absolute Gasteiger partial charge is 0.349 e. The van der Waals surface area contributed by atoms with Gasteiger partial charge in [0.2, 0.25) is 6.41 Å². The predicted molar refractivity (Wildman–Crippen MR) is 136 cm³/mol. The van der Waals surface area contributed by atoms with Crippen molar-refractivity contribution in [3.05, 3.63) is 59.7 Å². The Morgan fingerprint density at radius 3 is 2.44 bits per heavy atom. The molecule has 1 aliphatic rings. The maximum absolute atomic E-state index is 12.4. The number of aryl methyl sites for hydroxylation is 1. The summed E-state index contributed by atoms with van der Waals surface area (Å²) >= 11 is 1.15. The third kappa shape index (κ3) is 9.83. The summed E-state index contributed by atoms with van der Waals surface area (Å²) in [6.07, 6.45) is -2.99. The van der Waals surface area contributed by atoms with E-state index in [9.17, 15) is 31.5 Å². The van der Waals surface area contributed by atoms with Crippen LogP contribution < -0.4 is 16.0 Å². The lowest BCUT2D eigenvalue weighted by atomic mass is 10.0. The lowest BCUT2D eigenvalue weighted by Crippen LogP contribution is -2.45. The van der Waals surface area contributed by atoms with E-state index in [1.54, 1.807) is 42.2 Å². The molecule has 3 heterocycles. The van der Waals surface area contributed by atoms with Crippen LogP contribution in [0.3, 0.4) is 0 Å². The summed E-state index contributed by atoms with van der Waals surface area (Å²) in [5.74, 6) is -0.145. The molecule has 1 saturated heterocycles. The molecule has 2 aromatic heterocycles. The molecule has 0 unspecified atom stereocenters. The Balaban J connectivity index is 0.000000223. The molecule has 0 radical (unpaired) electrons. The normalized spacial score (nSPS) is 14.3. The Bertz CT molecular complexity index is 1220. The highest BCUT2D eigenvalue weighted by Gasteiger charge is 2.33. The SMILES string of the molecule is Cc1cc(Nc2cncc(C(F)(F)F)n2)sn1.O=CNc1ccc(C(=O)NC2CCN(CC(F)F)CC2)cc1. The molecule has 9 nitrogen and oxygen atoms in total. The molecule has 210 valence electrons. The van der Waals surface area contributed by atoms with Crippen LogP contribution in [-0.2, 0) is 11.0 Å². The van der Waals surface area contributed by atoms with E-state index in [1.807, 2.05) is 0 Å². The van der Waals surface area contributed by atoms with E-state index in [-0.39, 0.29) is 24.3 Å². The molecule has 0 atom stereocenters. The summed E-state index contributed by atoms with van der Waals surface area (Å²) in [5.41, 5.74) is 0.888. The van der Waals surface area contributed by atoms with E-state index in [1.165, 1.54) is 6.20 Å². The van der Waals surface area contributed by atoms with Crippen molar-refractivity contribution in [1.29, 1.82) is 0 Å². The number of piperidine rings is 1. The van der Waals surface area contributed by atoms with Gasteiger partial charge in [-0.1, -0.05) is 0 Å². The van der Waals surface area contributed by atoms with E-state index in [2.05, 4.69) is 30.3 Å². The topological polar surface area (TPSA) is 112 Å². The zero-order valence-electron chi connectivity index (χ0n) is 20.7. The summed E-state index contributed by atoms with van der Waals surface area (Å²) in [6, 6.07) is 8.28. The molecule has 3 aromatic rings. The highest BCUT2D eigenvalue weighted by Crippen LogP contribution is 2.28. The molecule has 0 aliphatic carbocycles. The lowest BCUT2D eigenvalue weighted by molar-refractivity contribution is -0.141. The van der Waals surface area contributed by atoms with Crippen molar-refractivity contribution in [2.75, 3.05) is 30.3 Å². The number of halogens is 5. The second-order valence-corrected chi connectivity index (χ2v) is 9.33. The number of hydrogen-bond acceptors (Lipinski definition) is 8. The van der Waals surface area contributed by atoms with Crippen molar-refractivity contribution < 1.29 is 31.5 Å². The van der Waals surface area contributed by atoms with Gasteiger partial charge in [-0.05, 0) is 61.6 Å². The Hall–Kier alpha value is -3.72. The number of carbonyl (C=O) groups is 2. The van der Waals surface area contributed by atoms with Crippen LogP contribution in [0.15, 0.2) is 42.7 Å². The van der Waals surface area contributed by atoms with Gasteiger partial charge in [-0.2, -0.15) is 17.5 Å². The number of aromatic nitrogens is 3. The van der Waals surface area contributed by atoms with Gasteiger partial charge in [0.05, 0.1) is 24.6 Å². The van der Waals surface area contributed by atoms with Gasteiger partial charge < -0.3 is 16.0 Å². The monoisotopic (exact) mass is 571 g/mol. The van der Waals surface area contributed by atoms with Crippen molar-refractivity contribution in [2.24, 2.45) is 0 Å². The van der Waals surface area contributed by atoms with Gasteiger partial charge in [0, 0.05) is 30.4 Å². The molecule has 0 bridgehead atoms. The second-order valence-electron chi connectivity index (χ2n) is 8.52. The molecule has 39 heavy (non-hydrogen) atoms. The minimum Gasteiger partial charge on any atom is -0.349 e. The molecular weight excluding hydrogens is 545 g/mol. The molecule has 1 aromatic carbocycles. The summed E-state index contributed by atoms with van der Waals surface area (Å²) in [5, 5.41) is 8.75. The third-order valence-corrected chi connectivity index (χ3v) is 6.29. The molecule has 3 N–H and O–H groups in total. The van der Waals surface area contributed by atoms with Crippen molar-refractivity contribution in [3.63, 3.8) is 0 Å². The number of benzene rings is 1. The van der Waals surface area contributed by atoms with Crippen molar-refractivity contribution in [2.45, 2.75) is 38.4 Å². The fraction of sp³-hybridized carbons (Fsp3) is 0.375. The number of likely N-dealkylation sites (tertiary alicyclic amines) is 1. The van der Waals surface area contributed by atoms with Gasteiger partial charge in [0.15, 0.2) is 5.69 Å². The Kier molecular flexibility index (Phi) is 10.6.